The van der Waals surface area contributed by atoms with Crippen LogP contribution in [0, 0.1) is 0 Å². The third-order valence-corrected chi connectivity index (χ3v) is 3.52. The minimum atomic E-state index is -0.607. The highest BCUT2D eigenvalue weighted by molar-refractivity contribution is 5.92. The fourth-order valence-corrected chi connectivity index (χ4v) is 2.38. The predicted octanol–water partition coefficient (Wildman–Crippen LogP) is -1.23. The Morgan fingerprint density at radius 2 is 1.96 bits per heavy atom. The first kappa shape index (κ1) is 14.7. The van der Waals surface area contributed by atoms with Crippen molar-refractivity contribution < 1.29 is 4.79 Å². The standard InChI is InChI=1S/C12H14N8O3/c1-5(21)20-7-9(18(2)12(23)19(3)10(7)22)16-8(20)6-4-14-11(15-6)17-13/h4H,13H2,1-3H3,(H2,14,15,17). The van der Waals surface area contributed by atoms with E-state index in [2.05, 4.69) is 20.4 Å². The molecule has 0 radical (unpaired) electrons. The summed E-state index contributed by atoms with van der Waals surface area (Å²) in [5.41, 5.74) is 1.62. The Kier molecular flexibility index (Phi) is 3.14. The second-order valence-corrected chi connectivity index (χ2v) is 4.95. The van der Waals surface area contributed by atoms with E-state index in [9.17, 15) is 14.4 Å². The van der Waals surface area contributed by atoms with Crippen molar-refractivity contribution in [2.45, 2.75) is 6.92 Å². The van der Waals surface area contributed by atoms with Gasteiger partial charge in [0, 0.05) is 27.2 Å². The van der Waals surface area contributed by atoms with E-state index < -0.39 is 17.2 Å². The van der Waals surface area contributed by atoms with E-state index in [4.69, 9.17) is 5.84 Å². The smallest absolute Gasteiger partial charge is 0.329 e. The van der Waals surface area contributed by atoms with Crippen molar-refractivity contribution in [2.24, 2.45) is 19.9 Å². The number of nitrogen functional groups attached to an aromatic ring is 1. The van der Waals surface area contributed by atoms with Gasteiger partial charge in [-0.2, -0.15) is 0 Å². The number of rotatable bonds is 2. The third kappa shape index (κ3) is 1.97. The first-order valence-electron chi connectivity index (χ1n) is 6.58. The molecular formula is C12H14N8O3. The van der Waals surface area contributed by atoms with Crippen molar-refractivity contribution >= 4 is 23.0 Å². The van der Waals surface area contributed by atoms with Gasteiger partial charge in [0.1, 0.15) is 5.69 Å². The van der Waals surface area contributed by atoms with Crippen molar-refractivity contribution in [3.63, 3.8) is 0 Å². The number of aromatic amines is 1. The molecule has 0 aliphatic carbocycles. The number of aryl methyl sites for hydroxylation is 1. The van der Waals surface area contributed by atoms with Gasteiger partial charge in [0.25, 0.3) is 5.56 Å². The monoisotopic (exact) mass is 318 g/mol. The van der Waals surface area contributed by atoms with Gasteiger partial charge in [-0.3, -0.25) is 28.7 Å². The maximum Gasteiger partial charge on any atom is 0.332 e. The van der Waals surface area contributed by atoms with Crippen LogP contribution in [0.25, 0.3) is 22.7 Å². The van der Waals surface area contributed by atoms with Gasteiger partial charge in [-0.25, -0.2) is 20.6 Å². The molecule has 0 aliphatic rings. The van der Waals surface area contributed by atoms with Crippen LogP contribution in [0.4, 0.5) is 5.95 Å². The van der Waals surface area contributed by atoms with Crippen molar-refractivity contribution in [3.8, 4) is 11.5 Å². The Morgan fingerprint density at radius 1 is 1.26 bits per heavy atom. The molecule has 0 bridgehead atoms. The molecule has 11 heteroatoms. The van der Waals surface area contributed by atoms with Crippen molar-refractivity contribution in [1.82, 2.24) is 28.7 Å². The van der Waals surface area contributed by atoms with Gasteiger partial charge in [0.15, 0.2) is 17.0 Å². The molecule has 3 aromatic rings. The molecule has 0 spiro atoms. The van der Waals surface area contributed by atoms with Gasteiger partial charge in [-0.15, -0.1) is 0 Å². The van der Waals surface area contributed by atoms with Crippen LogP contribution in [-0.2, 0) is 14.1 Å². The fourth-order valence-electron chi connectivity index (χ4n) is 2.38. The number of aromatic nitrogens is 6. The van der Waals surface area contributed by atoms with Gasteiger partial charge in [0.2, 0.25) is 11.9 Å². The number of hydrogen-bond acceptors (Lipinski definition) is 7. The van der Waals surface area contributed by atoms with E-state index in [1.54, 1.807) is 0 Å². The van der Waals surface area contributed by atoms with E-state index in [-0.39, 0.29) is 22.9 Å². The van der Waals surface area contributed by atoms with Crippen LogP contribution in [0.1, 0.15) is 11.7 Å². The molecule has 0 fully saturated rings. The molecule has 0 aliphatic heterocycles. The summed E-state index contributed by atoms with van der Waals surface area (Å²) in [6.07, 6.45) is 1.48. The molecule has 0 atom stereocenters. The molecule has 0 saturated carbocycles. The fraction of sp³-hybridized carbons (Fsp3) is 0.250. The van der Waals surface area contributed by atoms with Crippen LogP contribution in [-0.4, -0.2) is 34.6 Å². The van der Waals surface area contributed by atoms with Crippen LogP contribution in [0.15, 0.2) is 15.8 Å². The molecule has 23 heavy (non-hydrogen) atoms. The maximum absolute atomic E-state index is 12.4. The van der Waals surface area contributed by atoms with E-state index in [0.29, 0.717) is 5.69 Å². The normalized spacial score (nSPS) is 11.1. The second-order valence-electron chi connectivity index (χ2n) is 4.95. The van der Waals surface area contributed by atoms with Crippen LogP contribution in [0.5, 0.6) is 0 Å². The number of nitrogens with one attached hydrogen (secondary N) is 2. The van der Waals surface area contributed by atoms with Crippen molar-refractivity contribution in [1.29, 1.82) is 0 Å². The quantitative estimate of drug-likeness (QED) is 0.396. The number of H-pyrrole nitrogens is 1. The number of carbonyl (C=O) groups is 1. The summed E-state index contributed by atoms with van der Waals surface area (Å²) in [4.78, 5) is 47.6. The first-order valence-corrected chi connectivity index (χ1v) is 6.58. The second kappa shape index (κ2) is 4.91. The van der Waals surface area contributed by atoms with E-state index in [1.807, 2.05) is 0 Å². The number of hydrogen-bond donors (Lipinski definition) is 3. The molecule has 3 rings (SSSR count). The zero-order valence-corrected chi connectivity index (χ0v) is 12.6. The molecular weight excluding hydrogens is 304 g/mol. The minimum absolute atomic E-state index is 0.0161. The third-order valence-electron chi connectivity index (χ3n) is 3.52. The zero-order chi connectivity index (χ0) is 16.9. The Hall–Kier alpha value is -3.21. The molecule has 3 aromatic heterocycles. The van der Waals surface area contributed by atoms with Gasteiger partial charge >= 0.3 is 5.69 Å². The van der Waals surface area contributed by atoms with E-state index in [1.165, 1.54) is 31.8 Å². The molecule has 4 N–H and O–H groups in total. The summed E-state index contributed by atoms with van der Waals surface area (Å²) in [6.45, 7) is 1.30. The molecule has 0 unspecified atom stereocenters. The lowest BCUT2D eigenvalue weighted by molar-refractivity contribution is 0.0942. The maximum atomic E-state index is 12.4. The molecule has 120 valence electrons. The molecule has 0 aromatic carbocycles. The van der Waals surface area contributed by atoms with Gasteiger partial charge in [0.05, 0.1) is 0 Å². The SMILES string of the molecule is CC(=O)n1c(-c2c[nH]c(NN)n2)nc2c1c(=O)n(C)c(=O)n2C. The van der Waals surface area contributed by atoms with Crippen LogP contribution >= 0.6 is 0 Å². The first-order chi connectivity index (χ1) is 10.9. The summed E-state index contributed by atoms with van der Waals surface area (Å²) in [5, 5.41) is 0. The Balaban J connectivity index is 2.49. The molecule has 0 saturated heterocycles. The predicted molar refractivity (Wildman–Crippen MR) is 81.9 cm³/mol. The minimum Gasteiger partial charge on any atom is -0.329 e. The summed E-state index contributed by atoms with van der Waals surface area (Å²) in [7, 11) is 2.81. The topological polar surface area (TPSA) is 146 Å². The lowest BCUT2D eigenvalue weighted by Gasteiger charge is -2.04. The van der Waals surface area contributed by atoms with Gasteiger partial charge < -0.3 is 4.98 Å². The average molecular weight is 318 g/mol. The number of hydrazine groups is 1. The number of nitrogens with two attached hydrogens (primary N) is 1. The van der Waals surface area contributed by atoms with Crippen LogP contribution in [0.3, 0.4) is 0 Å². The summed E-state index contributed by atoms with van der Waals surface area (Å²) < 4.78 is 3.26. The Morgan fingerprint density at radius 3 is 2.52 bits per heavy atom. The number of anilines is 1. The van der Waals surface area contributed by atoms with E-state index >= 15 is 0 Å². The van der Waals surface area contributed by atoms with E-state index in [0.717, 1.165) is 9.13 Å². The van der Waals surface area contributed by atoms with Crippen LogP contribution in [0.2, 0.25) is 0 Å². The summed E-state index contributed by atoms with van der Waals surface area (Å²) >= 11 is 0. The Bertz CT molecular complexity index is 1050. The van der Waals surface area contributed by atoms with Crippen LogP contribution < -0.4 is 22.5 Å². The highest BCUT2D eigenvalue weighted by Crippen LogP contribution is 2.21. The summed E-state index contributed by atoms with van der Waals surface area (Å²) in [6, 6.07) is 0. The number of imidazole rings is 2. The molecule has 0 amide bonds. The van der Waals surface area contributed by atoms with Crippen molar-refractivity contribution in [2.75, 3.05) is 5.43 Å². The zero-order valence-electron chi connectivity index (χ0n) is 12.6. The largest absolute Gasteiger partial charge is 0.332 e. The van der Waals surface area contributed by atoms with Crippen molar-refractivity contribution in [3.05, 3.63) is 27.0 Å². The highest BCUT2D eigenvalue weighted by atomic mass is 16.2. The van der Waals surface area contributed by atoms with Gasteiger partial charge in [-0.1, -0.05) is 0 Å². The summed E-state index contributed by atoms with van der Waals surface area (Å²) in [5.74, 6) is 5.25. The number of nitrogens with zero attached hydrogens (tertiary/aromatic N) is 5. The average Bonchev–Trinajstić information content (AvgIpc) is 3.14. The Labute approximate surface area is 128 Å². The number of fused-ring (bicyclic) bond motifs is 1. The molecule has 11 nitrogen and oxygen atoms in total. The molecule has 3 heterocycles. The lowest BCUT2D eigenvalue weighted by atomic mass is 10.4. The van der Waals surface area contributed by atoms with Gasteiger partial charge in [-0.05, 0) is 0 Å². The lowest BCUT2D eigenvalue weighted by Crippen LogP contribution is -2.37. The highest BCUT2D eigenvalue weighted by Gasteiger charge is 2.23. The number of carbonyl (C=O) groups excluding carboxylic acids is 1.